The summed E-state index contributed by atoms with van der Waals surface area (Å²) >= 11 is 0. The highest BCUT2D eigenvalue weighted by molar-refractivity contribution is 6.13. The van der Waals surface area contributed by atoms with Gasteiger partial charge in [-0.05, 0) is 89.9 Å². The smallest absolute Gasteiger partial charge is 0.167 e. The lowest BCUT2D eigenvalue weighted by atomic mass is 9.80. The van der Waals surface area contributed by atoms with Crippen molar-refractivity contribution in [2.75, 3.05) is 0 Å². The average Bonchev–Trinajstić information content (AvgIpc) is 3.85. The van der Waals surface area contributed by atoms with Crippen LogP contribution in [0.3, 0.4) is 0 Å². The molecule has 272 valence electrons. The summed E-state index contributed by atoms with van der Waals surface area (Å²) in [7, 11) is 0. The van der Waals surface area contributed by atoms with E-state index in [0.717, 1.165) is 85.4 Å². The van der Waals surface area contributed by atoms with E-state index in [4.69, 9.17) is 23.8 Å². The lowest BCUT2D eigenvalue weighted by Gasteiger charge is -2.27. The highest BCUT2D eigenvalue weighted by Crippen LogP contribution is 2.42. The van der Waals surface area contributed by atoms with E-state index >= 15 is 0 Å². The first-order chi connectivity index (χ1) is 28.1. The van der Waals surface area contributed by atoms with E-state index in [-0.39, 0.29) is 0 Å². The molecule has 0 amide bonds. The quantitative estimate of drug-likeness (QED) is 0.170. The second-order valence-electron chi connectivity index (χ2n) is 15.3. The summed E-state index contributed by atoms with van der Waals surface area (Å²) in [5, 5.41) is 4.08. The molecule has 0 aliphatic heterocycles. The summed E-state index contributed by atoms with van der Waals surface area (Å²) in [6, 6.07) is 46.3. The van der Waals surface area contributed by atoms with Gasteiger partial charge in [-0.3, -0.25) is 0 Å². The molecular formula is C52H37N3O2. The van der Waals surface area contributed by atoms with E-state index in [1.807, 2.05) is 42.5 Å². The third-order valence-electron chi connectivity index (χ3n) is 11.6. The first-order valence-electron chi connectivity index (χ1n) is 19.6. The van der Waals surface area contributed by atoms with Crippen LogP contribution in [-0.2, 0) is 5.41 Å². The highest BCUT2D eigenvalue weighted by Gasteiger charge is 2.31. The minimum atomic E-state index is -0.484. The number of allylic oxidation sites excluding steroid dienone is 8. The summed E-state index contributed by atoms with van der Waals surface area (Å²) < 4.78 is 13.0. The molecule has 0 saturated heterocycles. The zero-order chi connectivity index (χ0) is 37.9. The summed E-state index contributed by atoms with van der Waals surface area (Å²) in [6.45, 7) is 2.21. The van der Waals surface area contributed by atoms with Crippen molar-refractivity contribution in [1.29, 1.82) is 0 Å². The molecule has 9 aromatic rings. The molecule has 2 aliphatic rings. The number of para-hydroxylation sites is 2. The van der Waals surface area contributed by atoms with Crippen LogP contribution in [0.2, 0.25) is 0 Å². The summed E-state index contributed by atoms with van der Waals surface area (Å²) in [5.74, 6) is 1.86. The van der Waals surface area contributed by atoms with Gasteiger partial charge in [-0.1, -0.05) is 140 Å². The molecule has 3 heterocycles. The van der Waals surface area contributed by atoms with Crippen molar-refractivity contribution in [3.63, 3.8) is 0 Å². The molecule has 0 saturated carbocycles. The zero-order valence-electron chi connectivity index (χ0n) is 31.4. The predicted molar refractivity (Wildman–Crippen MR) is 233 cm³/mol. The molecule has 0 fully saturated rings. The largest absolute Gasteiger partial charge is 0.456 e. The molecule has 5 heteroatoms. The van der Waals surface area contributed by atoms with Crippen LogP contribution in [0.4, 0.5) is 0 Å². The van der Waals surface area contributed by atoms with Gasteiger partial charge in [0, 0.05) is 32.5 Å². The minimum absolute atomic E-state index is 0.484. The Hall–Kier alpha value is -7.11. The van der Waals surface area contributed by atoms with Gasteiger partial charge in [-0.25, -0.2) is 15.0 Å². The number of fused-ring (bicyclic) bond motifs is 6. The van der Waals surface area contributed by atoms with Crippen molar-refractivity contribution in [3.8, 4) is 33.9 Å². The fourth-order valence-electron chi connectivity index (χ4n) is 8.41. The molecule has 0 spiro atoms. The van der Waals surface area contributed by atoms with Gasteiger partial charge in [0.05, 0.1) is 5.56 Å². The lowest BCUT2D eigenvalue weighted by Crippen LogP contribution is -2.24. The van der Waals surface area contributed by atoms with Crippen LogP contribution < -0.4 is 0 Å². The molecule has 11 rings (SSSR count). The molecule has 2 aliphatic carbocycles. The van der Waals surface area contributed by atoms with E-state index in [2.05, 4.69) is 134 Å². The minimum Gasteiger partial charge on any atom is -0.456 e. The Labute approximate surface area is 330 Å². The fraction of sp³-hybridized carbons (Fsp3) is 0.0962. The Kier molecular flexibility index (Phi) is 7.75. The van der Waals surface area contributed by atoms with Gasteiger partial charge in [0.15, 0.2) is 11.6 Å². The van der Waals surface area contributed by atoms with Gasteiger partial charge in [0.2, 0.25) is 0 Å². The van der Waals surface area contributed by atoms with Crippen molar-refractivity contribution < 1.29 is 8.83 Å². The van der Waals surface area contributed by atoms with Crippen molar-refractivity contribution in [1.82, 2.24) is 15.0 Å². The van der Waals surface area contributed by atoms with Gasteiger partial charge in [0.25, 0.3) is 0 Å². The normalized spacial score (nSPS) is 16.8. The topological polar surface area (TPSA) is 65.0 Å². The Morgan fingerprint density at radius 1 is 0.509 bits per heavy atom. The maximum atomic E-state index is 6.52. The van der Waals surface area contributed by atoms with E-state index in [0.29, 0.717) is 17.5 Å². The van der Waals surface area contributed by atoms with Crippen LogP contribution >= 0.6 is 0 Å². The number of benzene rings is 6. The summed E-state index contributed by atoms with van der Waals surface area (Å²) in [6.07, 6.45) is 16.5. The molecule has 0 N–H and O–H groups in total. The number of hydrogen-bond acceptors (Lipinski definition) is 5. The van der Waals surface area contributed by atoms with Crippen LogP contribution in [0.1, 0.15) is 43.1 Å². The van der Waals surface area contributed by atoms with Crippen molar-refractivity contribution in [2.45, 2.75) is 31.6 Å². The third-order valence-corrected chi connectivity index (χ3v) is 11.6. The molecule has 0 bridgehead atoms. The predicted octanol–water partition coefficient (Wildman–Crippen LogP) is 13.7. The molecule has 1 unspecified atom stereocenters. The molecule has 5 nitrogen and oxygen atoms in total. The molecular weight excluding hydrogens is 699 g/mol. The highest BCUT2D eigenvalue weighted by atomic mass is 16.3. The number of hydrogen-bond donors (Lipinski definition) is 0. The van der Waals surface area contributed by atoms with Gasteiger partial charge >= 0.3 is 0 Å². The van der Waals surface area contributed by atoms with Crippen molar-refractivity contribution >= 4 is 55.0 Å². The Bertz CT molecular complexity index is 3160. The molecule has 0 radical (unpaired) electrons. The Morgan fingerprint density at radius 2 is 1.19 bits per heavy atom. The van der Waals surface area contributed by atoms with Crippen molar-refractivity contribution in [2.24, 2.45) is 0 Å². The van der Waals surface area contributed by atoms with E-state index < -0.39 is 5.41 Å². The first-order valence-corrected chi connectivity index (χ1v) is 19.6. The van der Waals surface area contributed by atoms with Gasteiger partial charge in [0.1, 0.15) is 28.2 Å². The second-order valence-corrected chi connectivity index (χ2v) is 15.3. The van der Waals surface area contributed by atoms with Crippen LogP contribution in [0.5, 0.6) is 0 Å². The van der Waals surface area contributed by atoms with Crippen molar-refractivity contribution in [3.05, 3.63) is 187 Å². The van der Waals surface area contributed by atoms with Crippen LogP contribution in [0.15, 0.2) is 179 Å². The maximum Gasteiger partial charge on any atom is 0.167 e. The molecule has 3 aromatic heterocycles. The number of furan rings is 2. The third kappa shape index (κ3) is 5.74. The molecule has 57 heavy (non-hydrogen) atoms. The van der Waals surface area contributed by atoms with E-state index in [9.17, 15) is 0 Å². The monoisotopic (exact) mass is 735 g/mol. The maximum absolute atomic E-state index is 6.52. The van der Waals surface area contributed by atoms with Crippen LogP contribution in [-0.4, -0.2) is 15.0 Å². The molecule has 6 aromatic carbocycles. The van der Waals surface area contributed by atoms with E-state index in [1.165, 1.54) is 22.3 Å². The zero-order valence-corrected chi connectivity index (χ0v) is 31.4. The lowest BCUT2D eigenvalue weighted by molar-refractivity contribution is 0.555. The first kappa shape index (κ1) is 33.2. The van der Waals surface area contributed by atoms with Crippen LogP contribution in [0.25, 0.3) is 88.9 Å². The molecule has 1 atom stereocenters. The summed E-state index contributed by atoms with van der Waals surface area (Å²) in [5.41, 5.74) is 11.6. The Morgan fingerprint density at radius 3 is 2.02 bits per heavy atom. The SMILES string of the molecule is CC1(c2nc(-c3cccc4c3oc3ccccc34)nc(-c3cccc4oc5ccc(-c6ccc(C7=CCCC=C7)cc6)cc5c34)n2)C=CC(c2ccccc2)=CC1. The standard InChI is InChI=1S/C52H37N3O2/c1-52(30-28-37(29-31-52)34-14-6-3-7-15-34)51-54-49(53-50(55-51)42-19-10-17-40-39-16-8-9-20-44(39)57-48(40)42)41-18-11-21-46-47(41)43-32-38(26-27-45(43)56-46)36-24-22-35(23-25-36)33-12-4-2-5-13-33/h3-4,6-30,32H,2,5,31H2,1H3. The van der Waals surface area contributed by atoms with Crippen LogP contribution in [0, 0.1) is 0 Å². The van der Waals surface area contributed by atoms with Gasteiger partial charge < -0.3 is 8.83 Å². The Balaban J connectivity index is 1.08. The summed E-state index contributed by atoms with van der Waals surface area (Å²) in [4.78, 5) is 15.9. The number of nitrogens with zero attached hydrogens (tertiary/aromatic N) is 3. The van der Waals surface area contributed by atoms with Gasteiger partial charge in [-0.15, -0.1) is 0 Å². The van der Waals surface area contributed by atoms with E-state index in [1.54, 1.807) is 0 Å². The van der Waals surface area contributed by atoms with Gasteiger partial charge in [-0.2, -0.15) is 0 Å². The number of aromatic nitrogens is 3. The fourth-order valence-corrected chi connectivity index (χ4v) is 8.41. The number of rotatable bonds is 6. The second kappa shape index (κ2) is 13.3. The average molecular weight is 736 g/mol.